The molecule has 0 aliphatic rings. The molecule has 0 saturated heterocycles. The molecule has 0 N–H and O–H groups in total. The highest BCUT2D eigenvalue weighted by molar-refractivity contribution is 5.18. The summed E-state index contributed by atoms with van der Waals surface area (Å²) in [5.41, 5.74) is 1.37. The maximum absolute atomic E-state index is 2.16. The molecular formula is C9H17N. The molecule has 1 heteroatoms. The second-order valence-corrected chi connectivity index (χ2v) is 2.60. The number of likely N-dealkylation sites (N-methyl/N-ethyl adjacent to an activating group) is 1. The van der Waals surface area contributed by atoms with Crippen LogP contribution in [-0.4, -0.2) is 25.5 Å². The van der Waals surface area contributed by atoms with Gasteiger partial charge < -0.3 is 4.90 Å². The Balaban J connectivity index is 3.86. The van der Waals surface area contributed by atoms with Gasteiger partial charge in [-0.05, 0) is 33.5 Å². The van der Waals surface area contributed by atoms with Gasteiger partial charge in [0.15, 0.2) is 0 Å². The summed E-state index contributed by atoms with van der Waals surface area (Å²) in [6.45, 7) is 5.14. The minimum absolute atomic E-state index is 1.03. The van der Waals surface area contributed by atoms with Gasteiger partial charge in [-0.1, -0.05) is 18.2 Å². The molecule has 0 aromatic carbocycles. The van der Waals surface area contributed by atoms with Gasteiger partial charge in [-0.25, -0.2) is 0 Å². The fraction of sp³-hybridized carbons (Fsp3) is 0.556. The van der Waals surface area contributed by atoms with Crippen molar-refractivity contribution < 1.29 is 0 Å². The van der Waals surface area contributed by atoms with E-state index >= 15 is 0 Å². The van der Waals surface area contributed by atoms with Gasteiger partial charge in [-0.15, -0.1) is 0 Å². The van der Waals surface area contributed by atoms with E-state index in [2.05, 4.69) is 44.1 Å². The highest BCUT2D eigenvalue weighted by Crippen LogP contribution is 1.97. The van der Waals surface area contributed by atoms with E-state index in [-0.39, 0.29) is 0 Å². The van der Waals surface area contributed by atoms with Crippen LogP contribution in [0.15, 0.2) is 23.8 Å². The third-order valence-electron chi connectivity index (χ3n) is 1.25. The number of rotatable bonds is 3. The first-order valence-electron chi connectivity index (χ1n) is 3.63. The minimum atomic E-state index is 1.03. The van der Waals surface area contributed by atoms with E-state index in [0.29, 0.717) is 0 Å². The van der Waals surface area contributed by atoms with Crippen molar-refractivity contribution in [2.24, 2.45) is 0 Å². The van der Waals surface area contributed by atoms with Crippen molar-refractivity contribution in [3.63, 3.8) is 0 Å². The van der Waals surface area contributed by atoms with Gasteiger partial charge in [-0.3, -0.25) is 0 Å². The van der Waals surface area contributed by atoms with Crippen LogP contribution in [0.25, 0.3) is 0 Å². The Morgan fingerprint density at radius 3 is 2.20 bits per heavy atom. The lowest BCUT2D eigenvalue weighted by Crippen LogP contribution is -2.14. The number of allylic oxidation sites excluding steroid dienone is 2. The predicted molar refractivity (Wildman–Crippen MR) is 47.1 cm³/mol. The summed E-state index contributed by atoms with van der Waals surface area (Å²) in [6, 6.07) is 0. The molecule has 10 heavy (non-hydrogen) atoms. The topological polar surface area (TPSA) is 3.24 Å². The molecule has 0 spiro atoms. The third kappa shape index (κ3) is 4.33. The summed E-state index contributed by atoms with van der Waals surface area (Å²) in [5, 5.41) is 0. The lowest BCUT2D eigenvalue weighted by atomic mass is 10.2. The largest absolute Gasteiger partial charge is 0.305 e. The van der Waals surface area contributed by atoms with Crippen LogP contribution >= 0.6 is 0 Å². The summed E-state index contributed by atoms with van der Waals surface area (Å²) in [7, 11) is 4.15. The SMILES string of the molecule is C/C=C\C(=C/C)CN(C)C. The number of hydrogen-bond acceptors (Lipinski definition) is 1. The zero-order valence-electron chi connectivity index (χ0n) is 7.39. The molecule has 0 unspecified atom stereocenters. The van der Waals surface area contributed by atoms with E-state index in [1.54, 1.807) is 0 Å². The fourth-order valence-electron chi connectivity index (χ4n) is 0.819. The van der Waals surface area contributed by atoms with Crippen LogP contribution in [-0.2, 0) is 0 Å². The van der Waals surface area contributed by atoms with Crippen molar-refractivity contribution in [2.75, 3.05) is 20.6 Å². The molecule has 0 rings (SSSR count). The van der Waals surface area contributed by atoms with E-state index in [0.717, 1.165) is 6.54 Å². The quantitative estimate of drug-likeness (QED) is 0.541. The van der Waals surface area contributed by atoms with E-state index in [1.165, 1.54) is 5.57 Å². The Kier molecular flexibility index (Phi) is 4.95. The minimum Gasteiger partial charge on any atom is -0.305 e. The van der Waals surface area contributed by atoms with Crippen molar-refractivity contribution in [3.05, 3.63) is 23.8 Å². The maximum Gasteiger partial charge on any atom is 0.0224 e. The molecule has 0 fully saturated rings. The van der Waals surface area contributed by atoms with Crippen molar-refractivity contribution in [2.45, 2.75) is 13.8 Å². The summed E-state index contributed by atoms with van der Waals surface area (Å²) in [5.74, 6) is 0. The second-order valence-electron chi connectivity index (χ2n) is 2.60. The Bertz CT molecular complexity index is 132. The average Bonchev–Trinajstić information content (AvgIpc) is 1.86. The smallest absolute Gasteiger partial charge is 0.0224 e. The molecule has 58 valence electrons. The molecule has 0 bridgehead atoms. The van der Waals surface area contributed by atoms with Gasteiger partial charge in [0.05, 0.1) is 0 Å². The van der Waals surface area contributed by atoms with Gasteiger partial charge in [0, 0.05) is 6.54 Å². The van der Waals surface area contributed by atoms with Crippen LogP contribution in [0, 0.1) is 0 Å². The first kappa shape index (κ1) is 9.44. The molecule has 1 nitrogen and oxygen atoms in total. The standard InChI is InChI=1S/C9H17N/c1-5-7-9(6-2)8-10(3)4/h5-7H,8H2,1-4H3/b7-5-,9-6+. The molecule has 0 radical (unpaired) electrons. The molecule has 0 atom stereocenters. The highest BCUT2D eigenvalue weighted by Gasteiger charge is 1.91. The van der Waals surface area contributed by atoms with Crippen LogP contribution in [0.4, 0.5) is 0 Å². The molecule has 0 heterocycles. The van der Waals surface area contributed by atoms with E-state index in [9.17, 15) is 0 Å². The normalized spacial score (nSPS) is 13.5. The van der Waals surface area contributed by atoms with Crippen LogP contribution < -0.4 is 0 Å². The Morgan fingerprint density at radius 2 is 1.90 bits per heavy atom. The van der Waals surface area contributed by atoms with Crippen LogP contribution in [0.1, 0.15) is 13.8 Å². The summed E-state index contributed by atoms with van der Waals surface area (Å²) in [6.07, 6.45) is 6.35. The van der Waals surface area contributed by atoms with Crippen LogP contribution in [0.3, 0.4) is 0 Å². The van der Waals surface area contributed by atoms with Crippen LogP contribution in [0.5, 0.6) is 0 Å². The van der Waals surface area contributed by atoms with Gasteiger partial charge in [0.25, 0.3) is 0 Å². The van der Waals surface area contributed by atoms with Crippen LogP contribution in [0.2, 0.25) is 0 Å². The molecular weight excluding hydrogens is 122 g/mol. The number of nitrogens with zero attached hydrogens (tertiary/aromatic N) is 1. The van der Waals surface area contributed by atoms with Crippen molar-refractivity contribution >= 4 is 0 Å². The maximum atomic E-state index is 2.16. The van der Waals surface area contributed by atoms with Crippen molar-refractivity contribution in [1.29, 1.82) is 0 Å². The van der Waals surface area contributed by atoms with Crippen molar-refractivity contribution in [3.8, 4) is 0 Å². The van der Waals surface area contributed by atoms with Crippen molar-refractivity contribution in [1.82, 2.24) is 4.90 Å². The Morgan fingerprint density at radius 1 is 1.30 bits per heavy atom. The molecule has 0 aliphatic heterocycles. The first-order valence-corrected chi connectivity index (χ1v) is 3.63. The fourth-order valence-corrected chi connectivity index (χ4v) is 0.819. The molecule has 0 aromatic heterocycles. The lowest BCUT2D eigenvalue weighted by Gasteiger charge is -2.09. The average molecular weight is 139 g/mol. The Hall–Kier alpha value is -0.560. The number of hydrogen-bond donors (Lipinski definition) is 0. The molecule has 0 amide bonds. The van der Waals surface area contributed by atoms with E-state index in [4.69, 9.17) is 0 Å². The zero-order chi connectivity index (χ0) is 7.98. The zero-order valence-corrected chi connectivity index (χ0v) is 7.39. The highest BCUT2D eigenvalue weighted by atomic mass is 15.0. The van der Waals surface area contributed by atoms with Gasteiger partial charge in [-0.2, -0.15) is 0 Å². The van der Waals surface area contributed by atoms with E-state index < -0.39 is 0 Å². The lowest BCUT2D eigenvalue weighted by molar-refractivity contribution is 0.448. The Labute approximate surface area is 64.0 Å². The van der Waals surface area contributed by atoms with E-state index in [1.807, 2.05) is 6.92 Å². The van der Waals surface area contributed by atoms with Gasteiger partial charge >= 0.3 is 0 Å². The first-order chi connectivity index (χ1) is 4.70. The summed E-state index contributed by atoms with van der Waals surface area (Å²) < 4.78 is 0. The van der Waals surface area contributed by atoms with Gasteiger partial charge in [0.2, 0.25) is 0 Å². The summed E-state index contributed by atoms with van der Waals surface area (Å²) >= 11 is 0. The van der Waals surface area contributed by atoms with Gasteiger partial charge in [0.1, 0.15) is 0 Å². The second kappa shape index (κ2) is 5.24. The molecule has 0 aliphatic carbocycles. The third-order valence-corrected chi connectivity index (χ3v) is 1.25. The summed E-state index contributed by atoms with van der Waals surface area (Å²) in [4.78, 5) is 2.16. The predicted octanol–water partition coefficient (Wildman–Crippen LogP) is 2.07. The monoisotopic (exact) mass is 139 g/mol. The molecule has 0 aromatic rings. The molecule has 0 saturated carbocycles.